The van der Waals surface area contributed by atoms with Gasteiger partial charge in [0.1, 0.15) is 0 Å². The standard InChI is InChI=1S/C9H9NOS/c1-2-4-7-5-3-6-8-9(7)10-12-11-8/h2-3,5-6,10H,1,4H2. The zero-order valence-electron chi connectivity index (χ0n) is 6.54. The van der Waals surface area contributed by atoms with Gasteiger partial charge >= 0.3 is 0 Å². The summed E-state index contributed by atoms with van der Waals surface area (Å²) >= 11 is 1.26. The molecule has 2 nitrogen and oxygen atoms in total. The predicted molar refractivity (Wildman–Crippen MR) is 52.2 cm³/mol. The van der Waals surface area contributed by atoms with Gasteiger partial charge in [0.15, 0.2) is 18.0 Å². The Morgan fingerprint density at radius 1 is 1.58 bits per heavy atom. The fourth-order valence-electron chi connectivity index (χ4n) is 1.19. The highest BCUT2D eigenvalue weighted by molar-refractivity contribution is 7.96. The van der Waals surface area contributed by atoms with E-state index in [9.17, 15) is 0 Å². The summed E-state index contributed by atoms with van der Waals surface area (Å²) in [6.07, 6.45) is 2.76. The predicted octanol–water partition coefficient (Wildman–Crippen LogP) is 2.78. The second-order valence-corrected chi connectivity index (χ2v) is 3.09. The highest BCUT2D eigenvalue weighted by Gasteiger charge is 2.15. The lowest BCUT2D eigenvalue weighted by Crippen LogP contribution is -1.86. The van der Waals surface area contributed by atoms with Gasteiger partial charge in [-0.3, -0.25) is 4.72 Å². The van der Waals surface area contributed by atoms with Gasteiger partial charge in [-0.15, -0.1) is 6.58 Å². The molecule has 0 bridgehead atoms. The smallest absolute Gasteiger partial charge is 0.176 e. The SMILES string of the molecule is C=CCc1cccc2c1NSO2. The second-order valence-electron chi connectivity index (χ2n) is 2.55. The molecule has 0 aliphatic carbocycles. The number of hydrogen-bond acceptors (Lipinski definition) is 3. The summed E-state index contributed by atoms with van der Waals surface area (Å²) in [5.74, 6) is 0.916. The summed E-state index contributed by atoms with van der Waals surface area (Å²) in [4.78, 5) is 0. The van der Waals surface area contributed by atoms with E-state index in [4.69, 9.17) is 4.18 Å². The maximum Gasteiger partial charge on any atom is 0.176 e. The largest absolute Gasteiger partial charge is 0.403 e. The number of rotatable bonds is 2. The Bertz CT molecular complexity index is 311. The van der Waals surface area contributed by atoms with Gasteiger partial charge in [0.25, 0.3) is 0 Å². The van der Waals surface area contributed by atoms with Crippen LogP contribution in [0, 0.1) is 0 Å². The van der Waals surface area contributed by atoms with E-state index in [1.54, 1.807) is 0 Å². The van der Waals surface area contributed by atoms with Crippen LogP contribution in [0.3, 0.4) is 0 Å². The first-order valence-corrected chi connectivity index (χ1v) is 4.48. The van der Waals surface area contributed by atoms with Gasteiger partial charge in [0.05, 0.1) is 5.69 Å². The molecular weight excluding hydrogens is 170 g/mol. The molecule has 12 heavy (non-hydrogen) atoms. The molecule has 0 fully saturated rings. The van der Waals surface area contributed by atoms with E-state index in [1.807, 2.05) is 18.2 Å². The van der Waals surface area contributed by atoms with Crippen LogP contribution < -0.4 is 8.91 Å². The molecule has 1 aliphatic heterocycles. The number of benzene rings is 1. The van der Waals surface area contributed by atoms with Crippen molar-refractivity contribution in [2.45, 2.75) is 6.42 Å². The zero-order valence-corrected chi connectivity index (χ0v) is 7.36. The van der Waals surface area contributed by atoms with Crippen molar-refractivity contribution in [3.8, 4) is 5.75 Å². The fourth-order valence-corrected chi connectivity index (χ4v) is 1.78. The van der Waals surface area contributed by atoms with E-state index in [2.05, 4.69) is 17.4 Å². The Balaban J connectivity index is 2.42. The number of fused-ring (bicyclic) bond motifs is 1. The van der Waals surface area contributed by atoms with Crippen LogP contribution in [-0.4, -0.2) is 0 Å². The van der Waals surface area contributed by atoms with E-state index in [0.717, 1.165) is 17.9 Å². The van der Waals surface area contributed by atoms with Crippen molar-refractivity contribution in [2.75, 3.05) is 4.72 Å². The third-order valence-corrected chi connectivity index (χ3v) is 2.30. The summed E-state index contributed by atoms with van der Waals surface area (Å²) in [6.45, 7) is 3.71. The maximum atomic E-state index is 5.26. The zero-order chi connectivity index (χ0) is 8.39. The summed E-state index contributed by atoms with van der Waals surface area (Å²) in [5, 5.41) is 0. The minimum atomic E-state index is 0.875. The Morgan fingerprint density at radius 2 is 2.50 bits per heavy atom. The third kappa shape index (κ3) is 1.16. The molecule has 0 aromatic heterocycles. The van der Waals surface area contributed by atoms with E-state index in [0.29, 0.717) is 0 Å². The first-order valence-electron chi connectivity index (χ1n) is 3.74. The maximum absolute atomic E-state index is 5.26. The fraction of sp³-hybridized carbons (Fsp3) is 0.111. The van der Waals surface area contributed by atoms with Crippen LogP contribution in [-0.2, 0) is 6.42 Å². The van der Waals surface area contributed by atoms with Crippen molar-refractivity contribution in [2.24, 2.45) is 0 Å². The highest BCUT2D eigenvalue weighted by Crippen LogP contribution is 2.38. The minimum absolute atomic E-state index is 0.875. The van der Waals surface area contributed by atoms with Gasteiger partial charge < -0.3 is 4.18 Å². The molecular formula is C9H9NOS. The number of anilines is 1. The first kappa shape index (κ1) is 7.55. The Morgan fingerprint density at radius 3 is 3.33 bits per heavy atom. The molecule has 0 amide bonds. The molecule has 1 aromatic rings. The molecule has 0 spiro atoms. The summed E-state index contributed by atoms with van der Waals surface area (Å²) in [6, 6.07) is 6.02. The van der Waals surface area contributed by atoms with Gasteiger partial charge in [-0.25, -0.2) is 0 Å². The number of hydrogen-bond donors (Lipinski definition) is 1. The molecule has 1 aromatic carbocycles. The topological polar surface area (TPSA) is 21.3 Å². The third-order valence-electron chi connectivity index (χ3n) is 1.75. The van der Waals surface area contributed by atoms with Crippen LogP contribution >= 0.6 is 12.2 Å². The molecule has 0 unspecified atom stereocenters. The Kier molecular flexibility index (Phi) is 1.96. The van der Waals surface area contributed by atoms with Crippen LogP contribution in [0.2, 0.25) is 0 Å². The van der Waals surface area contributed by atoms with E-state index >= 15 is 0 Å². The minimum Gasteiger partial charge on any atom is -0.403 e. The van der Waals surface area contributed by atoms with Crippen molar-refractivity contribution in [3.05, 3.63) is 36.4 Å². The lowest BCUT2D eigenvalue weighted by atomic mass is 10.1. The molecule has 0 saturated carbocycles. The average Bonchev–Trinajstić information content (AvgIpc) is 2.53. The van der Waals surface area contributed by atoms with Crippen molar-refractivity contribution in [1.82, 2.24) is 0 Å². The van der Waals surface area contributed by atoms with Gasteiger partial charge in [-0.2, -0.15) is 0 Å². The summed E-state index contributed by atoms with van der Waals surface area (Å²) in [5.41, 5.74) is 2.31. The van der Waals surface area contributed by atoms with E-state index in [-0.39, 0.29) is 0 Å². The quantitative estimate of drug-likeness (QED) is 0.428. The molecule has 1 N–H and O–H groups in total. The summed E-state index contributed by atoms with van der Waals surface area (Å²) < 4.78 is 8.36. The first-order chi connectivity index (χ1) is 5.92. The number of nitrogens with one attached hydrogen (secondary N) is 1. The van der Waals surface area contributed by atoms with Crippen molar-refractivity contribution < 1.29 is 4.18 Å². The lowest BCUT2D eigenvalue weighted by Gasteiger charge is -2.01. The van der Waals surface area contributed by atoms with E-state index < -0.39 is 0 Å². The van der Waals surface area contributed by atoms with Crippen molar-refractivity contribution >= 4 is 17.9 Å². The van der Waals surface area contributed by atoms with E-state index in [1.165, 1.54) is 17.8 Å². The molecule has 1 aliphatic rings. The van der Waals surface area contributed by atoms with Gasteiger partial charge in [-0.05, 0) is 18.1 Å². The molecule has 0 atom stereocenters. The van der Waals surface area contributed by atoms with Crippen LogP contribution in [0.1, 0.15) is 5.56 Å². The van der Waals surface area contributed by atoms with Gasteiger partial charge in [-0.1, -0.05) is 18.2 Å². The normalized spacial score (nSPS) is 13.0. The van der Waals surface area contributed by atoms with Crippen LogP contribution in [0.15, 0.2) is 30.9 Å². The van der Waals surface area contributed by atoms with Crippen LogP contribution in [0.25, 0.3) is 0 Å². The van der Waals surface area contributed by atoms with Crippen molar-refractivity contribution in [3.63, 3.8) is 0 Å². The van der Waals surface area contributed by atoms with Gasteiger partial charge in [0, 0.05) is 0 Å². The molecule has 1 heterocycles. The highest BCUT2D eigenvalue weighted by atomic mass is 32.2. The Labute approximate surface area is 76.0 Å². The molecule has 2 rings (SSSR count). The van der Waals surface area contributed by atoms with Crippen molar-refractivity contribution in [1.29, 1.82) is 0 Å². The summed E-state index contributed by atoms with van der Waals surface area (Å²) in [7, 11) is 0. The lowest BCUT2D eigenvalue weighted by molar-refractivity contribution is 0.665. The molecule has 0 saturated heterocycles. The number of para-hydroxylation sites is 1. The molecule has 0 radical (unpaired) electrons. The molecule has 62 valence electrons. The monoisotopic (exact) mass is 179 g/mol. The molecule has 3 heteroatoms. The second kappa shape index (κ2) is 3.11. The Hall–Kier alpha value is -1.09. The van der Waals surface area contributed by atoms with Crippen LogP contribution in [0.5, 0.6) is 5.75 Å². The average molecular weight is 179 g/mol. The number of allylic oxidation sites excluding steroid dienone is 1. The van der Waals surface area contributed by atoms with Gasteiger partial charge in [0.2, 0.25) is 0 Å². The van der Waals surface area contributed by atoms with Crippen LogP contribution in [0.4, 0.5) is 5.69 Å².